The molecule has 0 spiro atoms. The SMILES string of the molecule is CC1(F)C(=O)O[C@H](CO)[C@H]1OC(=O)c1ccccc1. The molecule has 6 heteroatoms. The predicted molar refractivity (Wildman–Crippen MR) is 62.1 cm³/mol. The molecule has 0 amide bonds. The van der Waals surface area contributed by atoms with Crippen LogP contribution in [0.5, 0.6) is 0 Å². The maximum Gasteiger partial charge on any atom is 0.348 e. The third kappa shape index (κ3) is 2.44. The maximum atomic E-state index is 14.1. The summed E-state index contributed by atoms with van der Waals surface area (Å²) in [4.78, 5) is 23.1. The molecule has 1 unspecified atom stereocenters. The zero-order valence-corrected chi connectivity index (χ0v) is 10.2. The van der Waals surface area contributed by atoms with E-state index in [0.29, 0.717) is 0 Å². The molecule has 1 fully saturated rings. The Kier molecular flexibility index (Phi) is 3.53. The number of rotatable bonds is 3. The van der Waals surface area contributed by atoms with Crippen molar-refractivity contribution in [3.05, 3.63) is 35.9 Å². The Morgan fingerprint density at radius 3 is 2.68 bits per heavy atom. The molecule has 0 saturated carbocycles. The molecule has 1 aliphatic rings. The normalized spacial score (nSPS) is 29.9. The molecule has 1 heterocycles. The number of aliphatic hydroxyl groups excluding tert-OH is 1. The second kappa shape index (κ2) is 4.97. The third-order valence-corrected chi connectivity index (χ3v) is 2.95. The number of alkyl halides is 1. The van der Waals surface area contributed by atoms with Gasteiger partial charge in [0.25, 0.3) is 0 Å². The highest BCUT2D eigenvalue weighted by atomic mass is 19.1. The van der Waals surface area contributed by atoms with Crippen LogP contribution in [0.15, 0.2) is 30.3 Å². The van der Waals surface area contributed by atoms with Gasteiger partial charge in [0.2, 0.25) is 5.67 Å². The number of hydrogen-bond donors (Lipinski definition) is 1. The largest absolute Gasteiger partial charge is 0.453 e. The second-order valence-corrected chi connectivity index (χ2v) is 4.39. The van der Waals surface area contributed by atoms with Gasteiger partial charge in [-0.05, 0) is 19.1 Å². The van der Waals surface area contributed by atoms with Gasteiger partial charge in [0.15, 0.2) is 12.2 Å². The minimum absolute atomic E-state index is 0.231. The van der Waals surface area contributed by atoms with E-state index in [-0.39, 0.29) is 5.56 Å². The zero-order valence-electron chi connectivity index (χ0n) is 10.2. The molecule has 1 aliphatic heterocycles. The van der Waals surface area contributed by atoms with Crippen LogP contribution in [0, 0.1) is 0 Å². The van der Waals surface area contributed by atoms with Crippen molar-refractivity contribution in [3.63, 3.8) is 0 Å². The van der Waals surface area contributed by atoms with Crippen LogP contribution in [0.2, 0.25) is 0 Å². The number of esters is 2. The minimum Gasteiger partial charge on any atom is -0.453 e. The Hall–Kier alpha value is -1.95. The van der Waals surface area contributed by atoms with Gasteiger partial charge in [-0.1, -0.05) is 18.2 Å². The summed E-state index contributed by atoms with van der Waals surface area (Å²) < 4.78 is 23.7. The molecule has 1 saturated heterocycles. The molecule has 0 radical (unpaired) electrons. The molecule has 5 nitrogen and oxygen atoms in total. The number of hydrogen-bond acceptors (Lipinski definition) is 5. The Labute approximate surface area is 108 Å². The van der Waals surface area contributed by atoms with E-state index in [1.165, 1.54) is 12.1 Å². The molecule has 19 heavy (non-hydrogen) atoms. The van der Waals surface area contributed by atoms with Crippen molar-refractivity contribution in [1.29, 1.82) is 0 Å². The quantitative estimate of drug-likeness (QED) is 0.823. The Bertz CT molecular complexity index is 485. The molecule has 1 aromatic carbocycles. The molecular weight excluding hydrogens is 255 g/mol. The maximum absolute atomic E-state index is 14.1. The number of aliphatic hydroxyl groups is 1. The van der Waals surface area contributed by atoms with Crippen molar-refractivity contribution in [2.75, 3.05) is 6.61 Å². The lowest BCUT2D eigenvalue weighted by Crippen LogP contribution is -2.43. The van der Waals surface area contributed by atoms with Crippen LogP contribution in [0.1, 0.15) is 17.3 Å². The van der Waals surface area contributed by atoms with E-state index in [1.54, 1.807) is 18.2 Å². The van der Waals surface area contributed by atoms with Crippen LogP contribution in [0.3, 0.4) is 0 Å². The van der Waals surface area contributed by atoms with Crippen LogP contribution in [0.4, 0.5) is 4.39 Å². The number of carbonyl (C=O) groups excluding carboxylic acids is 2. The highest BCUT2D eigenvalue weighted by molar-refractivity contribution is 5.90. The van der Waals surface area contributed by atoms with E-state index in [2.05, 4.69) is 4.74 Å². The molecule has 1 N–H and O–H groups in total. The van der Waals surface area contributed by atoms with E-state index in [4.69, 9.17) is 9.84 Å². The van der Waals surface area contributed by atoms with Gasteiger partial charge in [-0.3, -0.25) is 0 Å². The third-order valence-electron chi connectivity index (χ3n) is 2.95. The average Bonchev–Trinajstić information content (AvgIpc) is 2.63. The molecule has 102 valence electrons. The Morgan fingerprint density at radius 1 is 1.47 bits per heavy atom. The van der Waals surface area contributed by atoms with Gasteiger partial charge in [-0.25, -0.2) is 14.0 Å². The fourth-order valence-electron chi connectivity index (χ4n) is 1.86. The van der Waals surface area contributed by atoms with Gasteiger partial charge in [-0.2, -0.15) is 0 Å². The summed E-state index contributed by atoms with van der Waals surface area (Å²) in [6.07, 6.45) is -2.65. The first-order valence-corrected chi connectivity index (χ1v) is 5.73. The van der Waals surface area contributed by atoms with E-state index < -0.39 is 36.4 Å². The van der Waals surface area contributed by atoms with Crippen molar-refractivity contribution in [1.82, 2.24) is 0 Å². The van der Waals surface area contributed by atoms with Crippen LogP contribution in [0.25, 0.3) is 0 Å². The highest BCUT2D eigenvalue weighted by Crippen LogP contribution is 2.32. The van der Waals surface area contributed by atoms with Crippen LogP contribution >= 0.6 is 0 Å². The van der Waals surface area contributed by atoms with Crippen molar-refractivity contribution >= 4 is 11.9 Å². The number of ether oxygens (including phenoxy) is 2. The van der Waals surface area contributed by atoms with Gasteiger partial charge in [0.1, 0.15) is 0 Å². The van der Waals surface area contributed by atoms with Crippen molar-refractivity contribution < 1.29 is 28.6 Å². The van der Waals surface area contributed by atoms with Gasteiger partial charge in [0, 0.05) is 0 Å². The Balaban J connectivity index is 2.17. The average molecular weight is 268 g/mol. The number of carbonyl (C=O) groups is 2. The lowest BCUT2D eigenvalue weighted by molar-refractivity contribution is -0.150. The topological polar surface area (TPSA) is 72.8 Å². The molecule has 3 atom stereocenters. The fourth-order valence-corrected chi connectivity index (χ4v) is 1.86. The smallest absolute Gasteiger partial charge is 0.348 e. The van der Waals surface area contributed by atoms with Gasteiger partial charge in [0.05, 0.1) is 12.2 Å². The van der Waals surface area contributed by atoms with Crippen molar-refractivity contribution in [2.45, 2.75) is 24.8 Å². The predicted octanol–water partition coefficient (Wildman–Crippen LogP) is 0.858. The number of cyclic esters (lactones) is 1. The first-order chi connectivity index (χ1) is 8.96. The molecule has 1 aromatic rings. The zero-order chi connectivity index (χ0) is 14.0. The molecule has 2 rings (SSSR count). The van der Waals surface area contributed by atoms with E-state index >= 15 is 0 Å². The van der Waals surface area contributed by atoms with Crippen LogP contribution < -0.4 is 0 Å². The molecule has 0 aromatic heterocycles. The summed E-state index contributed by atoms with van der Waals surface area (Å²) in [6.45, 7) is 0.353. The first-order valence-electron chi connectivity index (χ1n) is 5.73. The van der Waals surface area contributed by atoms with Crippen LogP contribution in [-0.4, -0.2) is 41.5 Å². The lowest BCUT2D eigenvalue weighted by atomic mass is 10.0. The Morgan fingerprint density at radius 2 is 2.11 bits per heavy atom. The van der Waals surface area contributed by atoms with Gasteiger partial charge < -0.3 is 14.6 Å². The summed E-state index contributed by atoms with van der Waals surface area (Å²) in [5.74, 6) is -1.91. The second-order valence-electron chi connectivity index (χ2n) is 4.39. The summed E-state index contributed by atoms with van der Waals surface area (Å²) in [5, 5.41) is 9.03. The summed E-state index contributed by atoms with van der Waals surface area (Å²) >= 11 is 0. The molecule has 0 bridgehead atoms. The molecular formula is C13H13FO5. The standard InChI is InChI=1S/C13H13FO5/c1-13(14)10(9(7-15)18-12(13)17)19-11(16)8-5-3-2-4-6-8/h2-6,9-10,15H,7H2,1H3/t9-,10-,13?/m1/s1. The lowest BCUT2D eigenvalue weighted by Gasteiger charge is -2.21. The number of halogens is 1. The van der Waals surface area contributed by atoms with E-state index in [0.717, 1.165) is 6.92 Å². The summed E-state index contributed by atoms with van der Waals surface area (Å²) in [5.41, 5.74) is -2.23. The van der Waals surface area contributed by atoms with Crippen molar-refractivity contribution in [2.24, 2.45) is 0 Å². The van der Waals surface area contributed by atoms with E-state index in [1.807, 2.05) is 0 Å². The van der Waals surface area contributed by atoms with Crippen molar-refractivity contribution in [3.8, 4) is 0 Å². The first kappa shape index (κ1) is 13.5. The minimum atomic E-state index is -2.46. The monoisotopic (exact) mass is 268 g/mol. The highest BCUT2D eigenvalue weighted by Gasteiger charge is 2.57. The van der Waals surface area contributed by atoms with Gasteiger partial charge in [-0.15, -0.1) is 0 Å². The molecule has 0 aliphatic carbocycles. The fraction of sp³-hybridized carbons (Fsp3) is 0.385. The van der Waals surface area contributed by atoms with Crippen LogP contribution in [-0.2, 0) is 14.3 Å². The summed E-state index contributed by atoms with van der Waals surface area (Å²) in [6, 6.07) is 7.98. The van der Waals surface area contributed by atoms with Gasteiger partial charge >= 0.3 is 11.9 Å². The number of benzene rings is 1. The summed E-state index contributed by atoms with van der Waals surface area (Å²) in [7, 11) is 0. The van der Waals surface area contributed by atoms with E-state index in [9.17, 15) is 14.0 Å².